The van der Waals surface area contributed by atoms with E-state index < -0.39 is 0 Å². The Morgan fingerprint density at radius 1 is 1.16 bits per heavy atom. The molecule has 1 atom stereocenters. The summed E-state index contributed by atoms with van der Waals surface area (Å²) in [7, 11) is 2.15. The van der Waals surface area contributed by atoms with Crippen molar-refractivity contribution in [1.82, 2.24) is 20.4 Å². The summed E-state index contributed by atoms with van der Waals surface area (Å²) in [6.45, 7) is 32.6. The Balaban J connectivity index is 0. The van der Waals surface area contributed by atoms with Crippen LogP contribution in [0.5, 0.6) is 0 Å². The van der Waals surface area contributed by atoms with E-state index >= 15 is 0 Å². The van der Waals surface area contributed by atoms with Gasteiger partial charge < -0.3 is 22.5 Å². The molecule has 1 unspecified atom stereocenters. The zero-order valence-corrected chi connectivity index (χ0v) is 26.3. The van der Waals surface area contributed by atoms with Gasteiger partial charge in [-0.3, -0.25) is 4.90 Å². The van der Waals surface area contributed by atoms with Crippen LogP contribution in [0.4, 0.5) is 0 Å². The first-order chi connectivity index (χ1) is 17.3. The molecular formula is C32H51N4Na. The monoisotopic (exact) mass is 514 g/mol. The summed E-state index contributed by atoms with van der Waals surface area (Å²) in [6.07, 6.45) is 11.1. The number of rotatable bonds is 14. The molecule has 0 saturated carbocycles. The summed E-state index contributed by atoms with van der Waals surface area (Å²) in [4.78, 5) is 4.56. The van der Waals surface area contributed by atoms with Crippen LogP contribution in [0, 0.1) is 6.92 Å². The fourth-order valence-corrected chi connectivity index (χ4v) is 3.65. The molecule has 4 nitrogen and oxygen atoms in total. The van der Waals surface area contributed by atoms with Gasteiger partial charge in [-0.1, -0.05) is 87.9 Å². The maximum Gasteiger partial charge on any atom is 1.00 e. The van der Waals surface area contributed by atoms with Crippen LogP contribution in [-0.2, 0) is 6.42 Å². The number of nitrogens with one attached hydrogen (secondary N) is 2. The van der Waals surface area contributed by atoms with Crippen LogP contribution in [0.3, 0.4) is 0 Å². The van der Waals surface area contributed by atoms with E-state index in [1.54, 1.807) is 6.08 Å². The molecular weight excluding hydrogens is 463 g/mol. The Bertz CT molecular complexity index is 800. The zero-order chi connectivity index (χ0) is 27.2. The summed E-state index contributed by atoms with van der Waals surface area (Å²) < 4.78 is 0. The molecule has 1 heterocycles. The van der Waals surface area contributed by atoms with Crippen LogP contribution in [0.15, 0.2) is 104 Å². The van der Waals surface area contributed by atoms with Crippen molar-refractivity contribution in [2.45, 2.75) is 39.2 Å². The first-order valence-corrected chi connectivity index (χ1v) is 13.0. The van der Waals surface area contributed by atoms with Crippen molar-refractivity contribution >= 4 is 0 Å². The molecule has 1 aliphatic rings. The number of likely N-dealkylation sites (N-methyl/N-ethyl adjacent to an activating group) is 1. The Kier molecular flexibility index (Phi) is 24.7. The Labute approximate surface area is 251 Å². The second-order valence-corrected chi connectivity index (χ2v) is 8.83. The molecule has 0 spiro atoms. The van der Waals surface area contributed by atoms with E-state index in [1.807, 2.05) is 31.2 Å². The van der Waals surface area contributed by atoms with Crippen molar-refractivity contribution in [3.63, 3.8) is 0 Å². The van der Waals surface area contributed by atoms with Gasteiger partial charge in [0.2, 0.25) is 0 Å². The van der Waals surface area contributed by atoms with Crippen LogP contribution in [0.25, 0.3) is 0 Å². The average Bonchev–Trinajstić information content (AvgIpc) is 3.32. The standard InChI is InChI=1S/C14H22N2.C10H19N2.C8H10.Na/c1-5-8-13(6-2)11-15-12(3)14-9-7-10-16(14)4;1-5-8-12(6-2)9-7-11-10(3)4;1-2-8-6-4-3-5-7-8;/h5-6,8,14-15H,1-3,7,9-11H2,4H3;5,11H,1-3,6-9H2,4H3;3-7H,2H2,1H3;/q;-1;;+1/b13-8+;;;. The largest absolute Gasteiger partial charge is 1.00 e. The van der Waals surface area contributed by atoms with E-state index in [4.69, 9.17) is 0 Å². The van der Waals surface area contributed by atoms with Crippen molar-refractivity contribution in [2.75, 3.05) is 46.3 Å². The molecule has 0 aromatic heterocycles. The van der Waals surface area contributed by atoms with Gasteiger partial charge in [-0.25, -0.2) is 0 Å². The molecule has 0 amide bonds. The van der Waals surface area contributed by atoms with E-state index in [-0.39, 0.29) is 29.6 Å². The molecule has 1 aliphatic heterocycles. The topological polar surface area (TPSA) is 30.5 Å². The number of aryl methyl sites for hydroxylation is 1. The van der Waals surface area contributed by atoms with E-state index in [0.29, 0.717) is 6.04 Å². The Morgan fingerprint density at radius 3 is 2.27 bits per heavy atom. The summed E-state index contributed by atoms with van der Waals surface area (Å²) >= 11 is 0. The minimum atomic E-state index is 0. The predicted octanol–water partition coefficient (Wildman–Crippen LogP) is 3.17. The fourth-order valence-electron chi connectivity index (χ4n) is 3.65. The van der Waals surface area contributed by atoms with Crippen molar-refractivity contribution in [1.29, 1.82) is 0 Å². The van der Waals surface area contributed by atoms with Gasteiger partial charge in [0.15, 0.2) is 0 Å². The van der Waals surface area contributed by atoms with Gasteiger partial charge in [-0.05, 0) is 50.9 Å². The number of hydrogen-bond acceptors (Lipinski definition) is 4. The maximum atomic E-state index is 4.11. The van der Waals surface area contributed by atoms with E-state index in [1.165, 1.54) is 24.9 Å². The normalized spacial score (nSPS) is 14.6. The summed E-state index contributed by atoms with van der Waals surface area (Å²) in [5.74, 6) is 0. The Morgan fingerprint density at radius 2 is 1.84 bits per heavy atom. The molecule has 0 aliphatic carbocycles. The van der Waals surface area contributed by atoms with Gasteiger partial charge in [0.25, 0.3) is 0 Å². The first kappa shape index (κ1) is 37.3. The van der Waals surface area contributed by atoms with Gasteiger partial charge >= 0.3 is 29.6 Å². The second kappa shape index (κ2) is 24.5. The molecule has 5 heteroatoms. The van der Waals surface area contributed by atoms with Gasteiger partial charge in [-0.15, -0.1) is 13.1 Å². The molecule has 200 valence electrons. The average molecular weight is 515 g/mol. The molecule has 2 rings (SSSR count). The number of allylic oxidation sites excluding steroid dienone is 3. The van der Waals surface area contributed by atoms with E-state index in [2.05, 4.69) is 98.5 Å². The third-order valence-corrected chi connectivity index (χ3v) is 5.85. The number of likely N-dealkylation sites (tertiary alicyclic amines) is 1. The van der Waals surface area contributed by atoms with E-state index in [0.717, 1.165) is 56.1 Å². The SMILES string of the molecule is C=C/C=C(\C=C)CNC(=C)C1CCCN1C.C=CCN(C[CH2-])CCNC(=C)C.CCc1ccccc1.[Na+]. The van der Waals surface area contributed by atoms with Crippen LogP contribution in [0.1, 0.15) is 32.3 Å². The molecule has 37 heavy (non-hydrogen) atoms. The number of hydrogen-bond donors (Lipinski definition) is 2. The summed E-state index contributed by atoms with van der Waals surface area (Å²) in [6, 6.07) is 10.9. The quantitative estimate of drug-likeness (QED) is 0.173. The summed E-state index contributed by atoms with van der Waals surface area (Å²) in [5.41, 5.74) is 4.67. The summed E-state index contributed by atoms with van der Waals surface area (Å²) in [5, 5.41) is 6.54. The first-order valence-electron chi connectivity index (χ1n) is 13.0. The van der Waals surface area contributed by atoms with Crippen LogP contribution in [0.2, 0.25) is 0 Å². The van der Waals surface area contributed by atoms with Crippen LogP contribution in [-0.4, -0.2) is 62.2 Å². The molecule has 0 bridgehead atoms. The number of benzene rings is 1. The zero-order valence-electron chi connectivity index (χ0n) is 24.3. The molecule has 1 aromatic carbocycles. The predicted molar refractivity (Wildman–Crippen MR) is 162 cm³/mol. The minimum absolute atomic E-state index is 0. The van der Waals surface area contributed by atoms with Gasteiger partial charge in [0.1, 0.15) is 0 Å². The van der Waals surface area contributed by atoms with Crippen LogP contribution < -0.4 is 40.2 Å². The van der Waals surface area contributed by atoms with E-state index in [9.17, 15) is 0 Å². The third kappa shape index (κ3) is 19.0. The Hall–Kier alpha value is -1.82. The molecule has 1 aromatic rings. The van der Waals surface area contributed by atoms with Crippen molar-refractivity contribution in [2.24, 2.45) is 0 Å². The molecule has 1 saturated heterocycles. The minimum Gasteiger partial charge on any atom is -0.388 e. The van der Waals surface area contributed by atoms with Crippen molar-refractivity contribution < 1.29 is 29.6 Å². The van der Waals surface area contributed by atoms with Crippen molar-refractivity contribution in [3.8, 4) is 0 Å². The molecule has 1 fully saturated rings. The van der Waals surface area contributed by atoms with Crippen LogP contribution >= 0.6 is 0 Å². The molecule has 2 N–H and O–H groups in total. The second-order valence-electron chi connectivity index (χ2n) is 8.83. The smallest absolute Gasteiger partial charge is 0.388 e. The van der Waals surface area contributed by atoms with Gasteiger partial charge in [0.05, 0.1) is 0 Å². The van der Waals surface area contributed by atoms with Crippen molar-refractivity contribution in [3.05, 3.63) is 117 Å². The fraction of sp³-hybridized carbons (Fsp3) is 0.406. The number of nitrogens with zero attached hydrogens (tertiary/aromatic N) is 2. The molecule has 0 radical (unpaired) electrons. The maximum absolute atomic E-state index is 4.11. The van der Waals surface area contributed by atoms with Gasteiger partial charge in [0, 0.05) is 43.6 Å². The van der Waals surface area contributed by atoms with Gasteiger partial charge in [-0.2, -0.15) is 0 Å². The third-order valence-electron chi connectivity index (χ3n) is 5.85.